The van der Waals surface area contributed by atoms with Crippen molar-refractivity contribution in [1.29, 1.82) is 0 Å². The highest BCUT2D eigenvalue weighted by atomic mass is 16.6. The first-order valence-electron chi connectivity index (χ1n) is 17.7. The van der Waals surface area contributed by atoms with Crippen molar-refractivity contribution in [1.82, 2.24) is 0 Å². The number of ether oxygens (including phenoxy) is 5. The van der Waals surface area contributed by atoms with Gasteiger partial charge in [-0.15, -0.1) is 0 Å². The zero-order chi connectivity index (χ0) is 38.8. The zero-order valence-electron chi connectivity index (χ0n) is 32.1. The summed E-state index contributed by atoms with van der Waals surface area (Å²) < 4.78 is 29.2. The monoisotopic (exact) mass is 719 g/mol. The Bertz CT molecular complexity index is 1350. The van der Waals surface area contributed by atoms with Crippen molar-refractivity contribution in [3.8, 4) is 0 Å². The van der Waals surface area contributed by atoms with Crippen LogP contribution in [-0.2, 0) is 38.1 Å². The predicted octanol–water partition coefficient (Wildman–Crippen LogP) is 4.29. The highest BCUT2D eigenvalue weighted by Gasteiger charge is 2.53. The Morgan fingerprint density at radius 1 is 1.08 bits per heavy atom. The number of cyclic esters (lactones) is 1. The molecule has 0 bridgehead atoms. The number of primary amides is 1. The number of hydrogen-bond acceptors (Lipinski definition) is 11. The van der Waals surface area contributed by atoms with Crippen LogP contribution < -0.4 is 5.73 Å². The third-order valence-electron chi connectivity index (χ3n) is 10.1. The maximum absolute atomic E-state index is 13.6. The zero-order valence-corrected chi connectivity index (χ0v) is 32.1. The van der Waals surface area contributed by atoms with Gasteiger partial charge in [0.15, 0.2) is 5.79 Å². The van der Waals surface area contributed by atoms with Gasteiger partial charge in [-0.3, -0.25) is 4.79 Å². The smallest absolute Gasteiger partial charge is 0.373 e. The van der Waals surface area contributed by atoms with Gasteiger partial charge in [-0.1, -0.05) is 83.9 Å². The number of esters is 2. The van der Waals surface area contributed by atoms with E-state index in [1.54, 1.807) is 32.9 Å². The van der Waals surface area contributed by atoms with Crippen LogP contribution in [0.1, 0.15) is 75.2 Å². The third-order valence-corrected chi connectivity index (χ3v) is 10.1. The van der Waals surface area contributed by atoms with Crippen molar-refractivity contribution in [3.05, 3.63) is 59.4 Å². The SMILES string of the molecule is CO/C1=C\C(C)=C\[C@@H](C)[C@@H](O)[C@@H](C)C/C(C)=C/C=C/[C@H](OC)[C@@H]([C@@H](C)[C@@H](O)[C@H](C)[C@@]2(O)C[C@@H](OC(=O)/C=C/C(N)=O)[C@H](C)[C@@H](C(C)C)O2)OC1=O. The van der Waals surface area contributed by atoms with Crippen LogP contribution >= 0.6 is 0 Å². The van der Waals surface area contributed by atoms with Gasteiger partial charge in [-0.2, -0.15) is 0 Å². The minimum absolute atomic E-state index is 0.0408. The average molecular weight is 720 g/mol. The standard InChI is InChI=1S/C39H61NO11/c1-21(2)36-26(7)31(49-33(42)16-15-32(40)41)20-39(46,51-36)28(9)35(44)27(8)37-29(47-10)14-12-13-22(3)17-24(5)34(43)25(6)18-23(4)19-30(48-11)38(45)50-37/h12-16,18-19,21,24-29,31,34-37,43-44,46H,17,20H2,1-11H3,(H2,40,41)/b14-12+,16-15+,22-13+,23-18+,30-19-/t24-,25+,26-,27-,28-,29-,31+,34-,35+,36+,37+,39+/m0/s1. The van der Waals surface area contributed by atoms with Crippen LogP contribution in [-0.4, -0.2) is 89.8 Å². The molecule has 12 nitrogen and oxygen atoms in total. The third kappa shape index (κ3) is 12.1. The minimum atomic E-state index is -1.97. The molecule has 5 N–H and O–H groups in total. The summed E-state index contributed by atoms with van der Waals surface area (Å²) in [7, 11) is 2.82. The lowest BCUT2D eigenvalue weighted by Gasteiger charge is -2.50. The summed E-state index contributed by atoms with van der Waals surface area (Å²) in [5, 5.41) is 34.9. The lowest BCUT2D eigenvalue weighted by atomic mass is 9.76. The molecule has 2 aliphatic heterocycles. The number of aliphatic hydroxyl groups excluding tert-OH is 2. The van der Waals surface area contributed by atoms with E-state index in [4.69, 9.17) is 29.4 Å². The maximum Gasteiger partial charge on any atom is 0.373 e. The molecule has 12 heteroatoms. The van der Waals surface area contributed by atoms with Gasteiger partial charge in [0.2, 0.25) is 11.7 Å². The van der Waals surface area contributed by atoms with Gasteiger partial charge in [0, 0.05) is 49.4 Å². The quantitative estimate of drug-likeness (QED) is 0.187. The lowest BCUT2D eigenvalue weighted by Crippen LogP contribution is -2.59. The molecule has 0 aromatic heterocycles. The molecular weight excluding hydrogens is 658 g/mol. The Balaban J connectivity index is 2.55. The van der Waals surface area contributed by atoms with E-state index in [9.17, 15) is 29.7 Å². The molecule has 1 amide bonds. The van der Waals surface area contributed by atoms with Crippen LogP contribution in [0.3, 0.4) is 0 Å². The normalized spacial score (nSPS) is 37.1. The van der Waals surface area contributed by atoms with E-state index in [1.165, 1.54) is 20.3 Å². The van der Waals surface area contributed by atoms with Crippen molar-refractivity contribution in [2.45, 2.75) is 118 Å². The van der Waals surface area contributed by atoms with E-state index in [0.29, 0.717) is 12.0 Å². The molecule has 12 atom stereocenters. The Morgan fingerprint density at radius 3 is 2.29 bits per heavy atom. The molecule has 0 unspecified atom stereocenters. The molecule has 0 saturated carbocycles. The van der Waals surface area contributed by atoms with E-state index < -0.39 is 72.1 Å². The molecule has 288 valence electrons. The number of nitrogens with two attached hydrogens (primary N) is 1. The molecular formula is C39H61NO11. The van der Waals surface area contributed by atoms with Crippen molar-refractivity contribution >= 4 is 17.8 Å². The molecule has 0 aromatic carbocycles. The van der Waals surface area contributed by atoms with Gasteiger partial charge in [-0.25, -0.2) is 9.59 Å². The van der Waals surface area contributed by atoms with Gasteiger partial charge < -0.3 is 44.7 Å². The topological polar surface area (TPSA) is 184 Å². The lowest BCUT2D eigenvalue weighted by molar-refractivity contribution is -0.329. The van der Waals surface area contributed by atoms with Crippen molar-refractivity contribution in [3.63, 3.8) is 0 Å². The number of carbonyl (C=O) groups excluding carboxylic acids is 3. The second-order valence-corrected chi connectivity index (χ2v) is 14.7. The first-order valence-corrected chi connectivity index (χ1v) is 17.7. The minimum Gasteiger partial charge on any atom is -0.490 e. The molecule has 1 fully saturated rings. The summed E-state index contributed by atoms with van der Waals surface area (Å²) in [6.45, 7) is 16.6. The Kier molecular flexibility index (Phi) is 16.8. The van der Waals surface area contributed by atoms with E-state index in [1.807, 2.05) is 53.7 Å². The van der Waals surface area contributed by atoms with Gasteiger partial charge in [0.1, 0.15) is 18.3 Å². The molecule has 0 spiro atoms. The van der Waals surface area contributed by atoms with Gasteiger partial charge in [0.25, 0.3) is 0 Å². The molecule has 0 aliphatic carbocycles. The molecule has 2 rings (SSSR count). The van der Waals surface area contributed by atoms with Gasteiger partial charge >= 0.3 is 11.9 Å². The Morgan fingerprint density at radius 2 is 1.73 bits per heavy atom. The summed E-state index contributed by atoms with van der Waals surface area (Å²) in [6, 6.07) is 0. The Hall–Kier alpha value is -3.29. The molecule has 0 radical (unpaired) electrons. The average Bonchev–Trinajstić information content (AvgIpc) is 3.06. The number of rotatable bonds is 10. The second kappa shape index (κ2) is 19.5. The van der Waals surface area contributed by atoms with Crippen molar-refractivity contribution in [2.24, 2.45) is 41.2 Å². The first kappa shape index (κ1) is 43.9. The van der Waals surface area contributed by atoms with E-state index in [2.05, 4.69) is 0 Å². The number of amides is 1. The summed E-state index contributed by atoms with van der Waals surface area (Å²) in [5.74, 6) is -6.96. The van der Waals surface area contributed by atoms with Crippen molar-refractivity contribution in [2.75, 3.05) is 14.2 Å². The van der Waals surface area contributed by atoms with Crippen LogP contribution in [0, 0.1) is 35.5 Å². The van der Waals surface area contributed by atoms with Crippen LogP contribution in [0.25, 0.3) is 0 Å². The predicted molar refractivity (Wildman–Crippen MR) is 192 cm³/mol. The van der Waals surface area contributed by atoms with E-state index in [0.717, 1.165) is 17.7 Å². The van der Waals surface area contributed by atoms with Gasteiger partial charge in [0.05, 0.1) is 25.4 Å². The molecule has 51 heavy (non-hydrogen) atoms. The fraction of sp³-hybridized carbons (Fsp3) is 0.667. The second-order valence-electron chi connectivity index (χ2n) is 14.7. The van der Waals surface area contributed by atoms with E-state index >= 15 is 0 Å². The Labute approximate surface area is 303 Å². The maximum atomic E-state index is 13.6. The summed E-state index contributed by atoms with van der Waals surface area (Å²) in [5.41, 5.74) is 6.84. The van der Waals surface area contributed by atoms with Gasteiger partial charge in [-0.05, 0) is 38.2 Å². The fourth-order valence-electron chi connectivity index (χ4n) is 7.01. The largest absolute Gasteiger partial charge is 0.490 e. The number of carbonyl (C=O) groups is 3. The fourth-order valence-corrected chi connectivity index (χ4v) is 7.01. The highest BCUT2D eigenvalue weighted by Crippen LogP contribution is 2.42. The summed E-state index contributed by atoms with van der Waals surface area (Å²) in [6.07, 6.45) is 5.90. The first-order chi connectivity index (χ1) is 23.8. The molecule has 2 heterocycles. The van der Waals surface area contributed by atoms with Crippen LogP contribution in [0.5, 0.6) is 0 Å². The van der Waals surface area contributed by atoms with Crippen LogP contribution in [0.4, 0.5) is 0 Å². The van der Waals surface area contributed by atoms with Crippen molar-refractivity contribution < 1.29 is 53.4 Å². The molecule has 1 saturated heterocycles. The summed E-state index contributed by atoms with van der Waals surface area (Å²) in [4.78, 5) is 37.4. The number of allylic oxidation sites excluding steroid dienone is 5. The number of aliphatic hydroxyl groups is 3. The number of methoxy groups -OCH3 is 2. The van der Waals surface area contributed by atoms with Crippen LogP contribution in [0.15, 0.2) is 59.4 Å². The van der Waals surface area contributed by atoms with E-state index in [-0.39, 0.29) is 35.9 Å². The molecule has 2 aliphatic rings. The summed E-state index contributed by atoms with van der Waals surface area (Å²) >= 11 is 0. The highest BCUT2D eigenvalue weighted by molar-refractivity contribution is 5.93. The molecule has 0 aromatic rings. The van der Waals surface area contributed by atoms with Crippen LogP contribution in [0.2, 0.25) is 0 Å². The number of hydrogen-bond donors (Lipinski definition) is 4.